The summed E-state index contributed by atoms with van der Waals surface area (Å²) in [5.74, 6) is 0.125. The Morgan fingerprint density at radius 3 is 2.38 bits per heavy atom. The lowest BCUT2D eigenvalue weighted by atomic mass is 9.31. The summed E-state index contributed by atoms with van der Waals surface area (Å²) in [6.45, 7) is 2.28. The van der Waals surface area contributed by atoms with Crippen LogP contribution in [0, 0.1) is 39.9 Å². The van der Waals surface area contributed by atoms with E-state index < -0.39 is 17.7 Å². The summed E-state index contributed by atoms with van der Waals surface area (Å²) >= 11 is 0. The minimum absolute atomic E-state index is 0.00206. The molecule has 7 aliphatic rings. The molecule has 13 rings (SSSR count). The second-order valence-electron chi connectivity index (χ2n) is 25.6. The highest BCUT2D eigenvalue weighted by atomic mass is 16.3. The molecule has 11 heteroatoms. The van der Waals surface area contributed by atoms with Crippen molar-refractivity contribution in [2.45, 2.75) is 164 Å². The quantitative estimate of drug-likeness (QED) is 0.0230. The van der Waals surface area contributed by atoms with Crippen LogP contribution in [0.2, 0.25) is 0 Å². The number of allylic oxidation sites excluding steroid dienone is 1. The number of aromatic amines is 1. The molecule has 6 aromatic rings. The number of aryl methyl sites for hydroxylation is 1. The summed E-state index contributed by atoms with van der Waals surface area (Å²) in [6.07, 6.45) is 29.4. The van der Waals surface area contributed by atoms with Crippen molar-refractivity contribution in [1.82, 2.24) is 20.6 Å². The number of benzene rings is 5. The summed E-state index contributed by atoms with van der Waals surface area (Å²) in [4.78, 5) is 8.76. The molecule has 4 saturated carbocycles. The fourth-order valence-corrected chi connectivity index (χ4v) is 19.2. The van der Waals surface area contributed by atoms with Gasteiger partial charge in [-0.05, 0) is 175 Å². The lowest BCUT2D eigenvalue weighted by molar-refractivity contribution is -0.221. The molecule has 11 nitrogen and oxygen atoms in total. The van der Waals surface area contributed by atoms with E-state index in [9.17, 15) is 35.7 Å². The number of nitrogens with one attached hydrogen (secondary N) is 3. The standard InChI is InChI=1S/C68H80N4O7/c1-2-3-5-15-47(43-11-6-4-7-12-43)53-37-65(38-59(77)71-53)36-52(72-64-51(65)35-46-14-10-31-67(46)33-32-66-30-9-13-45(66)25-29-56(75)63(66)68(64,67)58-39-69-40-70-58)44-23-18-41(19-24-44)20-27-50-48(26-21-42-22-28-54(73)57(76)34-42)49-16-8-17-55(74)60(49)62(79)61(50)78/h4,6-8,11-12,16-19,21-26,28-29,34,39-40,45-47,51-53,56,59,63-64,71-79H,2-3,5,9-10,13-15,20,27,30-33,35-38H2,1H3,(H,69,70)/b26-21+/t45-,46+,47+,51+,52-,53-,56+,59+,63-,64+,65+,66+,67-,68-/m1/s1. The van der Waals surface area contributed by atoms with Crippen LogP contribution in [0.3, 0.4) is 0 Å². The van der Waals surface area contributed by atoms with Gasteiger partial charge in [0, 0.05) is 46.9 Å². The summed E-state index contributed by atoms with van der Waals surface area (Å²) in [5.41, 5.74) is 5.84. The number of piperidine rings is 2. The molecule has 0 radical (unpaired) electrons. The molecule has 0 bridgehead atoms. The van der Waals surface area contributed by atoms with Crippen molar-refractivity contribution in [3.8, 4) is 28.7 Å². The highest BCUT2D eigenvalue weighted by Gasteiger charge is 2.78. The number of fused-ring (bicyclic) bond motifs is 5. The Kier molecular flexibility index (Phi) is 13.5. The molecular weight excluding hydrogens is 985 g/mol. The molecule has 79 heavy (non-hydrogen) atoms. The van der Waals surface area contributed by atoms with Crippen LogP contribution < -0.4 is 10.6 Å². The van der Waals surface area contributed by atoms with Crippen molar-refractivity contribution in [3.63, 3.8) is 0 Å². The first-order chi connectivity index (χ1) is 38.4. The molecule has 3 heterocycles. The molecule has 5 aromatic carbocycles. The third-order valence-electron chi connectivity index (χ3n) is 22.2. The minimum Gasteiger partial charge on any atom is -0.507 e. The normalized spacial score (nSPS) is 34.0. The fraction of sp³-hybridized carbons (Fsp3) is 0.485. The van der Waals surface area contributed by atoms with Crippen molar-refractivity contribution < 1.29 is 35.7 Å². The number of aromatic hydroxyl groups is 5. The van der Waals surface area contributed by atoms with Crippen LogP contribution in [-0.4, -0.2) is 70.1 Å². The molecule has 2 saturated heterocycles. The zero-order valence-corrected chi connectivity index (χ0v) is 45.7. The van der Waals surface area contributed by atoms with Crippen molar-refractivity contribution in [3.05, 3.63) is 155 Å². The zero-order chi connectivity index (χ0) is 54.3. The van der Waals surface area contributed by atoms with E-state index >= 15 is 0 Å². The Morgan fingerprint density at radius 2 is 1.58 bits per heavy atom. The molecule has 0 unspecified atom stereocenters. The van der Waals surface area contributed by atoms with Gasteiger partial charge in [0.1, 0.15) is 12.0 Å². The molecular formula is C68H80N4O7. The number of phenolic OH excluding ortho intramolecular Hbond substituents is 5. The van der Waals surface area contributed by atoms with E-state index in [2.05, 4.69) is 95.5 Å². The van der Waals surface area contributed by atoms with Gasteiger partial charge in [-0.3, -0.25) is 5.32 Å². The van der Waals surface area contributed by atoms with Crippen LogP contribution in [0.25, 0.3) is 22.9 Å². The van der Waals surface area contributed by atoms with E-state index in [0.717, 1.165) is 69.8 Å². The maximum Gasteiger partial charge on any atom is 0.169 e. The number of aliphatic hydroxyl groups is 2. The van der Waals surface area contributed by atoms with Crippen LogP contribution in [0.5, 0.6) is 28.7 Å². The SMILES string of the molecule is CCCCC[C@@H](c1ccccc1)[C@H]1C[C@]2(C[C@H](O)N1)C[C@H](c1ccc(CCc3c(O)c(O)c4c(O)cccc4c3/C=C/c3ccc(O)c(O)c3)cc1)N[C@H]1[C@@H]2C[C@@H]2CCC[C@@]23CC[C@@]24CCC[C@@H]2C=C[C@H](O)[C@H]4[C@]13c1cnc[nH]1. The number of hydrogen-bond donors (Lipinski definition) is 10. The van der Waals surface area contributed by atoms with E-state index in [-0.39, 0.29) is 86.3 Å². The highest BCUT2D eigenvalue weighted by molar-refractivity contribution is 6.03. The molecule has 5 aliphatic carbocycles. The van der Waals surface area contributed by atoms with Gasteiger partial charge in [0.25, 0.3) is 0 Å². The number of H-pyrrole nitrogens is 1. The topological polar surface area (TPSA) is 194 Å². The third-order valence-corrected chi connectivity index (χ3v) is 22.2. The molecule has 0 amide bonds. The first-order valence-corrected chi connectivity index (χ1v) is 30.0. The number of unbranched alkanes of at least 4 members (excludes halogenated alkanes) is 2. The number of rotatable bonds is 13. The second kappa shape index (κ2) is 20.5. The first-order valence-electron chi connectivity index (χ1n) is 30.0. The fourth-order valence-electron chi connectivity index (χ4n) is 19.2. The van der Waals surface area contributed by atoms with Gasteiger partial charge < -0.3 is 46.0 Å². The Balaban J connectivity index is 0.909. The third kappa shape index (κ3) is 8.36. The summed E-state index contributed by atoms with van der Waals surface area (Å²) in [6, 6.07) is 29.7. The van der Waals surface area contributed by atoms with Gasteiger partial charge in [0.2, 0.25) is 0 Å². The van der Waals surface area contributed by atoms with Gasteiger partial charge in [0.15, 0.2) is 23.0 Å². The number of phenols is 5. The van der Waals surface area contributed by atoms with E-state index in [1.165, 1.54) is 67.1 Å². The van der Waals surface area contributed by atoms with Gasteiger partial charge in [-0.25, -0.2) is 4.98 Å². The lowest BCUT2D eigenvalue weighted by Gasteiger charge is -2.75. The van der Waals surface area contributed by atoms with Crippen LogP contribution in [-0.2, 0) is 18.3 Å². The highest BCUT2D eigenvalue weighted by Crippen LogP contribution is 2.79. The molecule has 3 spiro atoms. The van der Waals surface area contributed by atoms with Crippen LogP contribution >= 0.6 is 0 Å². The van der Waals surface area contributed by atoms with E-state index in [0.29, 0.717) is 53.2 Å². The summed E-state index contributed by atoms with van der Waals surface area (Å²) in [5, 5.41) is 89.1. The molecule has 414 valence electrons. The van der Waals surface area contributed by atoms with Gasteiger partial charge in [0.05, 0.1) is 17.8 Å². The zero-order valence-electron chi connectivity index (χ0n) is 45.7. The van der Waals surface area contributed by atoms with Crippen LogP contribution in [0.4, 0.5) is 0 Å². The molecule has 2 aliphatic heterocycles. The van der Waals surface area contributed by atoms with Crippen molar-refractivity contribution in [2.75, 3.05) is 0 Å². The first kappa shape index (κ1) is 52.3. The van der Waals surface area contributed by atoms with Crippen molar-refractivity contribution in [2.24, 2.45) is 39.9 Å². The number of imidazole rings is 1. The largest absolute Gasteiger partial charge is 0.507 e. The number of aliphatic hydroxyl groups excluding tert-OH is 2. The van der Waals surface area contributed by atoms with Crippen molar-refractivity contribution >= 4 is 22.9 Å². The lowest BCUT2D eigenvalue weighted by Crippen LogP contribution is -2.78. The number of hydrogen-bond acceptors (Lipinski definition) is 10. The van der Waals surface area contributed by atoms with Gasteiger partial charge >= 0.3 is 0 Å². The van der Waals surface area contributed by atoms with Crippen molar-refractivity contribution in [1.29, 1.82) is 0 Å². The van der Waals surface area contributed by atoms with Gasteiger partial charge in [-0.15, -0.1) is 0 Å². The molecule has 10 N–H and O–H groups in total. The van der Waals surface area contributed by atoms with E-state index in [1.807, 2.05) is 18.5 Å². The van der Waals surface area contributed by atoms with Crippen LogP contribution in [0.15, 0.2) is 116 Å². The summed E-state index contributed by atoms with van der Waals surface area (Å²) < 4.78 is 0. The monoisotopic (exact) mass is 1060 g/mol. The Hall–Kier alpha value is -6.11. The molecule has 14 atom stereocenters. The Bertz CT molecular complexity index is 3250. The molecule has 6 fully saturated rings. The second-order valence-corrected chi connectivity index (χ2v) is 25.6. The average Bonchev–Trinajstić information content (AvgIpc) is 2.60. The van der Waals surface area contributed by atoms with Crippen LogP contribution in [0.1, 0.15) is 161 Å². The van der Waals surface area contributed by atoms with E-state index in [1.54, 1.807) is 18.2 Å². The maximum atomic E-state index is 13.0. The predicted molar refractivity (Wildman–Crippen MR) is 309 cm³/mol. The van der Waals surface area contributed by atoms with Gasteiger partial charge in [-0.2, -0.15) is 0 Å². The number of nitrogens with zero attached hydrogens (tertiary/aromatic N) is 1. The Morgan fingerprint density at radius 1 is 0.747 bits per heavy atom. The van der Waals surface area contributed by atoms with E-state index in [4.69, 9.17) is 4.98 Å². The number of aromatic nitrogens is 2. The average molecular weight is 1070 g/mol. The minimum atomic E-state index is -0.667. The maximum absolute atomic E-state index is 13.0. The van der Waals surface area contributed by atoms with Gasteiger partial charge in [-0.1, -0.05) is 136 Å². The molecule has 1 aromatic heterocycles. The summed E-state index contributed by atoms with van der Waals surface area (Å²) in [7, 11) is 0. The predicted octanol–water partition coefficient (Wildman–Crippen LogP) is 12.7. The smallest absolute Gasteiger partial charge is 0.169 e. The Labute approximate surface area is 465 Å².